The van der Waals surface area contributed by atoms with Gasteiger partial charge in [-0.3, -0.25) is 0 Å². The van der Waals surface area contributed by atoms with Crippen LogP contribution in [-0.4, -0.2) is 41.3 Å². The van der Waals surface area contributed by atoms with Gasteiger partial charge in [0.2, 0.25) is 5.88 Å². The zero-order chi connectivity index (χ0) is 11.4. The number of hydrogen-bond donors (Lipinski definition) is 1. The molecule has 1 saturated heterocycles. The van der Waals surface area contributed by atoms with E-state index in [4.69, 9.17) is 10.5 Å². The molecule has 5 heteroatoms. The summed E-state index contributed by atoms with van der Waals surface area (Å²) >= 11 is 0. The second-order valence-corrected chi connectivity index (χ2v) is 4.19. The predicted molar refractivity (Wildman–Crippen MR) is 61.1 cm³/mol. The maximum absolute atomic E-state index is 5.76. The molecule has 0 atom stereocenters. The Balaban J connectivity index is 1.88. The van der Waals surface area contributed by atoms with Gasteiger partial charge in [-0.15, -0.1) is 5.10 Å². The minimum atomic E-state index is 0.272. The first-order valence-corrected chi connectivity index (χ1v) is 5.66. The van der Waals surface area contributed by atoms with Crippen LogP contribution in [0.2, 0.25) is 0 Å². The first kappa shape index (κ1) is 11.3. The fourth-order valence-electron chi connectivity index (χ4n) is 1.79. The quantitative estimate of drug-likeness (QED) is 0.802. The number of nitrogens with two attached hydrogens (primary N) is 1. The van der Waals surface area contributed by atoms with Crippen LogP contribution in [0.5, 0.6) is 5.88 Å². The highest BCUT2D eigenvalue weighted by Crippen LogP contribution is 2.15. The Bertz CT molecular complexity index is 319. The van der Waals surface area contributed by atoms with Gasteiger partial charge >= 0.3 is 0 Å². The Hall–Kier alpha value is -1.20. The average Bonchev–Trinajstić information content (AvgIpc) is 2.33. The highest BCUT2D eigenvalue weighted by Gasteiger charge is 2.18. The number of nitrogens with zero attached hydrogens (tertiary/aromatic N) is 3. The lowest BCUT2D eigenvalue weighted by Crippen LogP contribution is -2.35. The SMILES string of the molecule is CN1CCC(Oc2ccc(CN)nn2)CC1. The van der Waals surface area contributed by atoms with Crippen molar-refractivity contribution in [1.29, 1.82) is 0 Å². The van der Waals surface area contributed by atoms with Crippen molar-refractivity contribution < 1.29 is 4.74 Å². The normalized spacial score (nSPS) is 18.6. The van der Waals surface area contributed by atoms with Crippen molar-refractivity contribution in [3.05, 3.63) is 17.8 Å². The van der Waals surface area contributed by atoms with E-state index in [0.29, 0.717) is 12.4 Å². The highest BCUT2D eigenvalue weighted by atomic mass is 16.5. The van der Waals surface area contributed by atoms with Gasteiger partial charge < -0.3 is 15.4 Å². The number of ether oxygens (including phenoxy) is 1. The lowest BCUT2D eigenvalue weighted by molar-refractivity contribution is 0.109. The summed E-state index contributed by atoms with van der Waals surface area (Å²) in [6, 6.07) is 3.70. The molecule has 0 aliphatic carbocycles. The molecule has 1 aromatic heterocycles. The molecule has 0 radical (unpaired) electrons. The van der Waals surface area contributed by atoms with Crippen LogP contribution >= 0.6 is 0 Å². The van der Waals surface area contributed by atoms with Crippen LogP contribution in [0.15, 0.2) is 12.1 Å². The molecule has 0 aromatic carbocycles. The lowest BCUT2D eigenvalue weighted by atomic mass is 10.1. The summed E-state index contributed by atoms with van der Waals surface area (Å²) < 4.78 is 5.76. The molecule has 2 N–H and O–H groups in total. The maximum atomic E-state index is 5.76. The van der Waals surface area contributed by atoms with Gasteiger partial charge in [-0.2, -0.15) is 5.10 Å². The molecule has 0 saturated carbocycles. The molecular formula is C11H18N4O. The van der Waals surface area contributed by atoms with E-state index >= 15 is 0 Å². The summed E-state index contributed by atoms with van der Waals surface area (Å²) in [5, 5.41) is 7.96. The third kappa shape index (κ3) is 2.90. The van der Waals surface area contributed by atoms with Crippen LogP contribution in [0.3, 0.4) is 0 Å². The summed E-state index contributed by atoms with van der Waals surface area (Å²) in [5.74, 6) is 0.603. The van der Waals surface area contributed by atoms with E-state index in [1.165, 1.54) is 0 Å². The summed E-state index contributed by atoms with van der Waals surface area (Å²) in [5.41, 5.74) is 6.24. The van der Waals surface area contributed by atoms with Crippen LogP contribution in [0.1, 0.15) is 18.5 Å². The van der Waals surface area contributed by atoms with Crippen molar-refractivity contribution in [2.75, 3.05) is 20.1 Å². The average molecular weight is 222 g/mol. The number of aromatic nitrogens is 2. The van der Waals surface area contributed by atoms with Crippen LogP contribution in [0.25, 0.3) is 0 Å². The fourth-order valence-corrected chi connectivity index (χ4v) is 1.79. The van der Waals surface area contributed by atoms with E-state index in [2.05, 4.69) is 22.1 Å². The van der Waals surface area contributed by atoms with Gasteiger partial charge in [0, 0.05) is 25.7 Å². The van der Waals surface area contributed by atoms with E-state index in [9.17, 15) is 0 Å². The molecule has 1 aliphatic heterocycles. The predicted octanol–water partition coefficient (Wildman–Crippen LogP) is 0.408. The third-order valence-electron chi connectivity index (χ3n) is 2.86. The van der Waals surface area contributed by atoms with Crippen molar-refractivity contribution in [1.82, 2.24) is 15.1 Å². The largest absolute Gasteiger partial charge is 0.473 e. The molecule has 16 heavy (non-hydrogen) atoms. The highest BCUT2D eigenvalue weighted by molar-refractivity contribution is 5.11. The van der Waals surface area contributed by atoms with Crippen molar-refractivity contribution in [2.45, 2.75) is 25.5 Å². The van der Waals surface area contributed by atoms with E-state index in [-0.39, 0.29) is 6.10 Å². The van der Waals surface area contributed by atoms with Crippen LogP contribution in [-0.2, 0) is 6.54 Å². The van der Waals surface area contributed by atoms with Gasteiger partial charge in [0.1, 0.15) is 6.10 Å². The van der Waals surface area contributed by atoms with Gasteiger partial charge in [0.05, 0.1) is 5.69 Å². The van der Waals surface area contributed by atoms with Crippen LogP contribution < -0.4 is 10.5 Å². The van der Waals surface area contributed by atoms with E-state index in [1.807, 2.05) is 12.1 Å². The standard InChI is InChI=1S/C11H18N4O/c1-15-6-4-10(5-7-15)16-11-3-2-9(8-12)13-14-11/h2-3,10H,4-8,12H2,1H3. The molecule has 0 bridgehead atoms. The molecule has 5 nitrogen and oxygen atoms in total. The Labute approximate surface area is 95.6 Å². The lowest BCUT2D eigenvalue weighted by Gasteiger charge is -2.28. The van der Waals surface area contributed by atoms with E-state index in [1.54, 1.807) is 0 Å². The maximum Gasteiger partial charge on any atom is 0.233 e. The minimum Gasteiger partial charge on any atom is -0.473 e. The van der Waals surface area contributed by atoms with Crippen LogP contribution in [0.4, 0.5) is 0 Å². The molecule has 2 rings (SSSR count). The molecule has 1 aliphatic rings. The van der Waals surface area contributed by atoms with E-state index < -0.39 is 0 Å². The van der Waals surface area contributed by atoms with E-state index in [0.717, 1.165) is 31.6 Å². The van der Waals surface area contributed by atoms with Crippen molar-refractivity contribution >= 4 is 0 Å². The Morgan fingerprint density at radius 1 is 1.38 bits per heavy atom. The summed E-state index contributed by atoms with van der Waals surface area (Å²) in [6.45, 7) is 2.58. The summed E-state index contributed by atoms with van der Waals surface area (Å²) in [6.07, 6.45) is 2.38. The minimum absolute atomic E-state index is 0.272. The topological polar surface area (TPSA) is 64.3 Å². The summed E-state index contributed by atoms with van der Waals surface area (Å²) in [7, 11) is 2.13. The monoisotopic (exact) mass is 222 g/mol. The second kappa shape index (κ2) is 5.23. The Kier molecular flexibility index (Phi) is 3.69. The Morgan fingerprint density at radius 3 is 2.69 bits per heavy atom. The number of piperidine rings is 1. The zero-order valence-electron chi connectivity index (χ0n) is 9.59. The van der Waals surface area contributed by atoms with Gasteiger partial charge in [-0.25, -0.2) is 0 Å². The molecular weight excluding hydrogens is 204 g/mol. The van der Waals surface area contributed by atoms with Gasteiger partial charge in [-0.1, -0.05) is 0 Å². The summed E-state index contributed by atoms with van der Waals surface area (Å²) in [4.78, 5) is 2.31. The Morgan fingerprint density at radius 2 is 2.12 bits per heavy atom. The molecule has 1 aromatic rings. The molecule has 88 valence electrons. The first-order chi connectivity index (χ1) is 7.78. The number of rotatable bonds is 3. The molecule has 0 unspecified atom stereocenters. The molecule has 1 fully saturated rings. The zero-order valence-corrected chi connectivity index (χ0v) is 9.59. The van der Waals surface area contributed by atoms with Crippen LogP contribution in [0, 0.1) is 0 Å². The number of hydrogen-bond acceptors (Lipinski definition) is 5. The number of likely N-dealkylation sites (tertiary alicyclic amines) is 1. The molecule has 0 amide bonds. The van der Waals surface area contributed by atoms with Crippen molar-refractivity contribution in [2.24, 2.45) is 5.73 Å². The smallest absolute Gasteiger partial charge is 0.233 e. The molecule has 2 heterocycles. The van der Waals surface area contributed by atoms with Crippen molar-refractivity contribution in [3.63, 3.8) is 0 Å². The molecule has 0 spiro atoms. The third-order valence-corrected chi connectivity index (χ3v) is 2.86. The van der Waals surface area contributed by atoms with Crippen molar-refractivity contribution in [3.8, 4) is 5.88 Å². The van der Waals surface area contributed by atoms with Gasteiger partial charge in [-0.05, 0) is 26.0 Å². The second-order valence-electron chi connectivity index (χ2n) is 4.19. The fraction of sp³-hybridized carbons (Fsp3) is 0.636. The van der Waals surface area contributed by atoms with Gasteiger partial charge in [0.25, 0.3) is 0 Å². The van der Waals surface area contributed by atoms with Gasteiger partial charge in [0.15, 0.2) is 0 Å². The first-order valence-electron chi connectivity index (χ1n) is 5.66.